The zero-order chi connectivity index (χ0) is 20.5. The summed E-state index contributed by atoms with van der Waals surface area (Å²) in [6.07, 6.45) is 0.461. The number of amides is 2. The zero-order valence-corrected chi connectivity index (χ0v) is 17.0. The van der Waals surface area contributed by atoms with Crippen molar-refractivity contribution in [3.05, 3.63) is 70.7 Å². The molecule has 28 heavy (non-hydrogen) atoms. The lowest BCUT2D eigenvalue weighted by Crippen LogP contribution is -2.45. The maximum atomic E-state index is 13.0. The third-order valence-corrected chi connectivity index (χ3v) is 4.60. The van der Waals surface area contributed by atoms with E-state index in [0.29, 0.717) is 24.5 Å². The van der Waals surface area contributed by atoms with Gasteiger partial charge in [0.15, 0.2) is 0 Å². The van der Waals surface area contributed by atoms with Gasteiger partial charge in [0.1, 0.15) is 6.04 Å². The minimum Gasteiger partial charge on any atom is -0.396 e. The van der Waals surface area contributed by atoms with Crippen LogP contribution in [0.4, 0.5) is 0 Å². The van der Waals surface area contributed by atoms with Crippen LogP contribution < -0.4 is 5.32 Å². The minimum atomic E-state index is -0.759. The molecule has 0 saturated heterocycles. The molecule has 0 aromatic heterocycles. The second kappa shape index (κ2) is 10.8. The molecule has 0 unspecified atom stereocenters. The molecule has 0 spiro atoms. The molecule has 0 heterocycles. The van der Waals surface area contributed by atoms with Crippen LogP contribution in [0.3, 0.4) is 0 Å². The number of hydrogen-bond donors (Lipinski definition) is 2. The number of carbonyl (C=O) groups is 2. The predicted octanol–water partition coefficient (Wildman–Crippen LogP) is 3.56. The maximum absolute atomic E-state index is 13.0. The summed E-state index contributed by atoms with van der Waals surface area (Å²) >= 11 is 5.98. The Morgan fingerprint density at radius 3 is 2.29 bits per heavy atom. The number of rotatable bonds is 9. The van der Waals surface area contributed by atoms with E-state index in [1.165, 1.54) is 0 Å². The first kappa shape index (κ1) is 21.9. The van der Waals surface area contributed by atoms with Crippen molar-refractivity contribution in [1.29, 1.82) is 0 Å². The monoisotopic (exact) mass is 402 g/mol. The first-order valence-electron chi connectivity index (χ1n) is 9.42. The van der Waals surface area contributed by atoms with Crippen molar-refractivity contribution < 1.29 is 14.7 Å². The van der Waals surface area contributed by atoms with Crippen LogP contribution in [0.1, 0.15) is 37.4 Å². The van der Waals surface area contributed by atoms with E-state index in [9.17, 15) is 9.59 Å². The number of aliphatic hydroxyl groups is 1. The molecule has 2 rings (SSSR count). The van der Waals surface area contributed by atoms with Crippen LogP contribution in [0.15, 0.2) is 54.6 Å². The molecule has 6 heteroatoms. The van der Waals surface area contributed by atoms with Gasteiger partial charge in [-0.25, -0.2) is 0 Å². The van der Waals surface area contributed by atoms with Crippen LogP contribution in [0, 0.1) is 5.92 Å². The average molecular weight is 403 g/mol. The predicted molar refractivity (Wildman–Crippen MR) is 111 cm³/mol. The van der Waals surface area contributed by atoms with E-state index in [2.05, 4.69) is 5.32 Å². The van der Waals surface area contributed by atoms with Crippen molar-refractivity contribution in [2.24, 2.45) is 5.92 Å². The fourth-order valence-corrected chi connectivity index (χ4v) is 3.04. The maximum Gasteiger partial charge on any atom is 0.247 e. The Morgan fingerprint density at radius 1 is 1.07 bits per heavy atom. The second-order valence-corrected chi connectivity index (χ2v) is 7.37. The van der Waals surface area contributed by atoms with Gasteiger partial charge in [-0.15, -0.1) is 0 Å². The molecule has 0 radical (unpaired) electrons. The van der Waals surface area contributed by atoms with Crippen LogP contribution in [0.25, 0.3) is 0 Å². The fourth-order valence-electron chi connectivity index (χ4n) is 2.91. The van der Waals surface area contributed by atoms with E-state index in [1.807, 2.05) is 56.3 Å². The molecule has 0 fully saturated rings. The number of halogens is 1. The SMILES string of the molecule is CC(C)C(=O)N(Cc1ccc(Cl)cc1)[C@@H](C(=O)NCCCO)c1ccccc1. The third kappa shape index (κ3) is 6.08. The van der Waals surface area contributed by atoms with Crippen LogP contribution in [0.2, 0.25) is 5.02 Å². The van der Waals surface area contributed by atoms with Gasteiger partial charge in [0, 0.05) is 30.6 Å². The van der Waals surface area contributed by atoms with Crippen LogP contribution in [-0.2, 0) is 16.1 Å². The molecule has 2 aromatic carbocycles. The van der Waals surface area contributed by atoms with Gasteiger partial charge < -0.3 is 15.3 Å². The van der Waals surface area contributed by atoms with Crippen molar-refractivity contribution in [1.82, 2.24) is 10.2 Å². The number of nitrogens with one attached hydrogen (secondary N) is 1. The van der Waals surface area contributed by atoms with Gasteiger partial charge in [-0.3, -0.25) is 9.59 Å². The van der Waals surface area contributed by atoms with Gasteiger partial charge in [-0.1, -0.05) is 67.9 Å². The standard InChI is InChI=1S/C22H27ClN2O3/c1-16(2)22(28)25(15-17-9-11-19(23)12-10-17)20(18-7-4-3-5-8-18)21(27)24-13-6-14-26/h3-5,7-12,16,20,26H,6,13-15H2,1-2H3,(H,24,27)/t20-/m1/s1. The van der Waals surface area contributed by atoms with Crippen molar-refractivity contribution in [3.63, 3.8) is 0 Å². The molecule has 0 aliphatic heterocycles. The number of carbonyl (C=O) groups excluding carboxylic acids is 2. The molecule has 0 aliphatic carbocycles. The lowest BCUT2D eigenvalue weighted by Gasteiger charge is -2.33. The highest BCUT2D eigenvalue weighted by Crippen LogP contribution is 2.26. The average Bonchev–Trinajstić information content (AvgIpc) is 2.69. The Morgan fingerprint density at radius 2 is 1.71 bits per heavy atom. The summed E-state index contributed by atoms with van der Waals surface area (Å²) in [4.78, 5) is 27.7. The van der Waals surface area contributed by atoms with Gasteiger partial charge >= 0.3 is 0 Å². The van der Waals surface area contributed by atoms with Crippen molar-refractivity contribution >= 4 is 23.4 Å². The van der Waals surface area contributed by atoms with Gasteiger partial charge in [0.25, 0.3) is 0 Å². The first-order valence-corrected chi connectivity index (χ1v) is 9.80. The molecule has 2 N–H and O–H groups in total. The van der Waals surface area contributed by atoms with Crippen LogP contribution in [0.5, 0.6) is 0 Å². The van der Waals surface area contributed by atoms with Gasteiger partial charge in [0.05, 0.1) is 0 Å². The summed E-state index contributed by atoms with van der Waals surface area (Å²) < 4.78 is 0. The summed E-state index contributed by atoms with van der Waals surface area (Å²) in [5, 5.41) is 12.5. The zero-order valence-electron chi connectivity index (χ0n) is 16.3. The van der Waals surface area contributed by atoms with Crippen LogP contribution in [-0.4, -0.2) is 35.0 Å². The number of benzene rings is 2. The quantitative estimate of drug-likeness (QED) is 0.630. The van der Waals surface area contributed by atoms with Crippen molar-refractivity contribution in [2.75, 3.05) is 13.2 Å². The van der Waals surface area contributed by atoms with Gasteiger partial charge in [0.2, 0.25) is 11.8 Å². The Labute approximate surface area is 171 Å². The third-order valence-electron chi connectivity index (χ3n) is 4.35. The first-order chi connectivity index (χ1) is 13.4. The lowest BCUT2D eigenvalue weighted by molar-refractivity contribution is -0.144. The smallest absolute Gasteiger partial charge is 0.247 e. The van der Waals surface area contributed by atoms with E-state index in [-0.39, 0.29) is 24.3 Å². The number of nitrogens with zero attached hydrogens (tertiary/aromatic N) is 1. The number of hydrogen-bond acceptors (Lipinski definition) is 3. The highest BCUT2D eigenvalue weighted by atomic mass is 35.5. The minimum absolute atomic E-state index is 0.00427. The molecule has 0 saturated carbocycles. The van der Waals surface area contributed by atoms with Gasteiger partial charge in [-0.05, 0) is 29.7 Å². The summed E-state index contributed by atoms with van der Waals surface area (Å²) in [7, 11) is 0. The molecular formula is C22H27ClN2O3. The van der Waals surface area contributed by atoms with Gasteiger partial charge in [-0.2, -0.15) is 0 Å². The molecule has 5 nitrogen and oxygen atoms in total. The molecule has 150 valence electrons. The van der Waals surface area contributed by atoms with Crippen LogP contribution >= 0.6 is 11.6 Å². The number of aliphatic hydroxyl groups excluding tert-OH is 1. The van der Waals surface area contributed by atoms with E-state index in [0.717, 1.165) is 11.1 Å². The second-order valence-electron chi connectivity index (χ2n) is 6.93. The molecule has 2 aromatic rings. The molecule has 1 atom stereocenters. The Bertz CT molecular complexity index is 763. The van der Waals surface area contributed by atoms with E-state index in [4.69, 9.17) is 16.7 Å². The Hall–Kier alpha value is -2.37. The normalized spacial score (nSPS) is 11.9. The van der Waals surface area contributed by atoms with Crippen molar-refractivity contribution in [2.45, 2.75) is 32.9 Å². The summed E-state index contributed by atoms with van der Waals surface area (Å²) in [6.45, 7) is 4.28. The highest BCUT2D eigenvalue weighted by molar-refractivity contribution is 6.30. The highest BCUT2D eigenvalue weighted by Gasteiger charge is 2.32. The van der Waals surface area contributed by atoms with Crippen molar-refractivity contribution in [3.8, 4) is 0 Å². The summed E-state index contributed by atoms with van der Waals surface area (Å²) in [5.74, 6) is -0.632. The topological polar surface area (TPSA) is 69.6 Å². The summed E-state index contributed by atoms with van der Waals surface area (Å²) in [6, 6.07) is 15.8. The Kier molecular flexibility index (Phi) is 8.48. The fraction of sp³-hybridized carbons (Fsp3) is 0.364. The van der Waals surface area contributed by atoms with E-state index in [1.54, 1.807) is 17.0 Å². The largest absolute Gasteiger partial charge is 0.396 e. The van der Waals surface area contributed by atoms with E-state index >= 15 is 0 Å². The molecule has 0 bridgehead atoms. The lowest BCUT2D eigenvalue weighted by atomic mass is 10.0. The molecule has 2 amide bonds. The Balaban J connectivity index is 2.39. The molecular weight excluding hydrogens is 376 g/mol. The summed E-state index contributed by atoms with van der Waals surface area (Å²) in [5.41, 5.74) is 1.63. The van der Waals surface area contributed by atoms with E-state index < -0.39 is 6.04 Å². The molecule has 0 aliphatic rings.